The minimum absolute atomic E-state index is 0.119. The van der Waals surface area contributed by atoms with Crippen LogP contribution >= 0.6 is 11.8 Å². The van der Waals surface area contributed by atoms with Crippen LogP contribution in [-0.4, -0.2) is 18.5 Å². The Labute approximate surface area is 138 Å². The maximum atomic E-state index is 14.6. The summed E-state index contributed by atoms with van der Waals surface area (Å²) in [6, 6.07) is 3.82. The normalized spacial score (nSPS) is 14.7. The lowest BCUT2D eigenvalue weighted by molar-refractivity contribution is 0.159. The van der Waals surface area contributed by atoms with Gasteiger partial charge in [-0.15, -0.1) is 11.8 Å². The average Bonchev–Trinajstić information content (AvgIpc) is 2.31. The molecular formula is C18H28FNOS. The van der Waals surface area contributed by atoms with Gasteiger partial charge in [0.2, 0.25) is 0 Å². The molecule has 0 aliphatic heterocycles. The first-order valence-electron chi connectivity index (χ1n) is 7.40. The van der Waals surface area contributed by atoms with Gasteiger partial charge in [-0.2, -0.15) is 0 Å². The smallest absolute Gasteiger partial charge is 0.129 e. The Morgan fingerprint density at radius 2 is 1.91 bits per heavy atom. The van der Waals surface area contributed by atoms with Crippen molar-refractivity contribution in [1.29, 1.82) is 0 Å². The Hall–Kier alpha value is -1.00. The Morgan fingerprint density at radius 3 is 2.41 bits per heavy atom. The lowest BCUT2D eigenvalue weighted by atomic mass is 9.76. The lowest BCUT2D eigenvalue weighted by Crippen LogP contribution is -2.36. The van der Waals surface area contributed by atoms with Crippen molar-refractivity contribution in [3.63, 3.8) is 0 Å². The summed E-state index contributed by atoms with van der Waals surface area (Å²) in [6.07, 6.45) is 0.731. The number of aryl methyl sites for hydroxylation is 2. The van der Waals surface area contributed by atoms with Gasteiger partial charge in [-0.05, 0) is 43.7 Å². The number of ether oxygens (including phenoxy) is 1. The molecule has 0 saturated heterocycles. The number of hydrogen-bond acceptors (Lipinski definition) is 3. The Balaban J connectivity index is 3.19. The van der Waals surface area contributed by atoms with Crippen molar-refractivity contribution in [2.45, 2.75) is 51.2 Å². The molecule has 0 spiro atoms. The van der Waals surface area contributed by atoms with Crippen LogP contribution < -0.4 is 5.73 Å². The number of hydrogen-bond donors (Lipinski definition) is 1. The summed E-state index contributed by atoms with van der Waals surface area (Å²) in [5, 5.41) is 0.552. The second-order valence-electron chi connectivity index (χ2n) is 6.96. The summed E-state index contributed by atoms with van der Waals surface area (Å²) in [5.41, 5.74) is 7.96. The highest BCUT2D eigenvalue weighted by molar-refractivity contribution is 8.04. The SMILES string of the molecule is C=C(N)S[C@@](C)(COC)CC(C)(C)c1cc(C)cc(C)c1F. The summed E-state index contributed by atoms with van der Waals surface area (Å²) >= 11 is 1.50. The molecule has 2 nitrogen and oxygen atoms in total. The van der Waals surface area contributed by atoms with Crippen LogP contribution in [0.4, 0.5) is 4.39 Å². The third kappa shape index (κ3) is 4.75. The number of thioether (sulfide) groups is 1. The van der Waals surface area contributed by atoms with E-state index in [-0.39, 0.29) is 16.0 Å². The van der Waals surface area contributed by atoms with Crippen LogP contribution in [0.1, 0.15) is 43.9 Å². The zero-order valence-electron chi connectivity index (χ0n) is 14.5. The summed E-state index contributed by atoms with van der Waals surface area (Å²) < 4.78 is 19.7. The standard InChI is InChI=1S/C18H28FNOS/c1-12-8-13(2)16(19)15(9-12)17(4,5)10-18(6,11-21-7)22-14(3)20/h8-9H,3,10-11,20H2,1-2,4-7H3/t18-/m1/s1. The molecule has 1 aromatic carbocycles. The first-order valence-corrected chi connectivity index (χ1v) is 8.22. The Kier molecular flexibility index (Phi) is 6.10. The monoisotopic (exact) mass is 325 g/mol. The van der Waals surface area contributed by atoms with E-state index in [2.05, 4.69) is 27.4 Å². The summed E-state index contributed by atoms with van der Waals surface area (Å²) in [6.45, 7) is 14.3. The van der Waals surface area contributed by atoms with Crippen molar-refractivity contribution in [2.24, 2.45) is 5.73 Å². The van der Waals surface area contributed by atoms with Crippen molar-refractivity contribution in [2.75, 3.05) is 13.7 Å². The molecule has 1 aromatic rings. The van der Waals surface area contributed by atoms with Crippen LogP contribution in [0.2, 0.25) is 0 Å². The maximum Gasteiger partial charge on any atom is 0.129 e. The van der Waals surface area contributed by atoms with Crippen molar-refractivity contribution in [1.82, 2.24) is 0 Å². The van der Waals surface area contributed by atoms with Gasteiger partial charge in [0.05, 0.1) is 11.6 Å². The van der Waals surface area contributed by atoms with Crippen LogP contribution in [0.15, 0.2) is 23.7 Å². The number of halogens is 1. The van der Waals surface area contributed by atoms with E-state index in [4.69, 9.17) is 10.5 Å². The van der Waals surface area contributed by atoms with Gasteiger partial charge in [-0.3, -0.25) is 0 Å². The molecule has 1 rings (SSSR count). The van der Waals surface area contributed by atoms with E-state index in [1.54, 1.807) is 7.11 Å². The molecule has 0 saturated carbocycles. The number of nitrogens with two attached hydrogens (primary N) is 1. The molecule has 0 radical (unpaired) electrons. The van der Waals surface area contributed by atoms with E-state index in [0.717, 1.165) is 17.5 Å². The van der Waals surface area contributed by atoms with Crippen LogP contribution in [-0.2, 0) is 10.2 Å². The van der Waals surface area contributed by atoms with Gasteiger partial charge in [0.1, 0.15) is 5.82 Å². The quantitative estimate of drug-likeness (QED) is 0.790. The number of rotatable bonds is 7. The van der Waals surface area contributed by atoms with Crippen LogP contribution in [0.25, 0.3) is 0 Å². The van der Waals surface area contributed by atoms with Crippen molar-refractivity contribution >= 4 is 11.8 Å². The van der Waals surface area contributed by atoms with Gasteiger partial charge in [0, 0.05) is 11.9 Å². The van der Waals surface area contributed by atoms with Gasteiger partial charge < -0.3 is 10.5 Å². The molecule has 0 unspecified atom stereocenters. The van der Waals surface area contributed by atoms with E-state index in [9.17, 15) is 4.39 Å². The van der Waals surface area contributed by atoms with E-state index in [1.807, 2.05) is 26.0 Å². The van der Waals surface area contributed by atoms with Crippen LogP contribution in [0, 0.1) is 19.7 Å². The highest BCUT2D eigenvalue weighted by atomic mass is 32.2. The van der Waals surface area contributed by atoms with Crippen molar-refractivity contribution in [3.05, 3.63) is 46.2 Å². The third-order valence-corrected chi connectivity index (χ3v) is 4.79. The molecule has 0 aromatic heterocycles. The summed E-state index contributed by atoms with van der Waals surface area (Å²) in [7, 11) is 1.67. The summed E-state index contributed by atoms with van der Waals surface area (Å²) in [5.74, 6) is -0.119. The minimum Gasteiger partial charge on any atom is -0.394 e. The van der Waals surface area contributed by atoms with Gasteiger partial charge >= 0.3 is 0 Å². The number of benzene rings is 1. The minimum atomic E-state index is -0.337. The van der Waals surface area contributed by atoms with Gasteiger partial charge in [0.25, 0.3) is 0 Å². The molecule has 1 atom stereocenters. The van der Waals surface area contributed by atoms with E-state index in [0.29, 0.717) is 17.2 Å². The lowest BCUT2D eigenvalue weighted by Gasteiger charge is -2.37. The zero-order valence-corrected chi connectivity index (χ0v) is 15.4. The molecule has 22 heavy (non-hydrogen) atoms. The highest BCUT2D eigenvalue weighted by Crippen LogP contribution is 2.42. The molecule has 124 valence electrons. The van der Waals surface area contributed by atoms with Crippen molar-refractivity contribution < 1.29 is 9.13 Å². The Bertz CT molecular complexity index is 556. The topological polar surface area (TPSA) is 35.2 Å². The summed E-state index contributed by atoms with van der Waals surface area (Å²) in [4.78, 5) is 0. The number of methoxy groups -OCH3 is 1. The molecule has 2 N–H and O–H groups in total. The van der Waals surface area contributed by atoms with Crippen LogP contribution in [0.5, 0.6) is 0 Å². The largest absolute Gasteiger partial charge is 0.394 e. The van der Waals surface area contributed by atoms with E-state index >= 15 is 0 Å². The molecule has 0 aliphatic rings. The molecule has 0 aliphatic carbocycles. The maximum absolute atomic E-state index is 14.6. The second kappa shape index (κ2) is 7.05. The molecule has 0 fully saturated rings. The first-order chi connectivity index (χ1) is 10.0. The fraction of sp³-hybridized carbons (Fsp3) is 0.556. The molecule has 0 bridgehead atoms. The van der Waals surface area contributed by atoms with E-state index in [1.165, 1.54) is 11.8 Å². The van der Waals surface area contributed by atoms with Gasteiger partial charge in [-0.25, -0.2) is 4.39 Å². The predicted molar refractivity (Wildman–Crippen MR) is 94.7 cm³/mol. The molecular weight excluding hydrogens is 297 g/mol. The van der Waals surface area contributed by atoms with Gasteiger partial charge in [-0.1, -0.05) is 38.1 Å². The average molecular weight is 325 g/mol. The third-order valence-electron chi connectivity index (χ3n) is 3.77. The highest BCUT2D eigenvalue weighted by Gasteiger charge is 2.36. The Morgan fingerprint density at radius 1 is 1.32 bits per heavy atom. The van der Waals surface area contributed by atoms with Crippen molar-refractivity contribution in [3.8, 4) is 0 Å². The van der Waals surface area contributed by atoms with E-state index < -0.39 is 0 Å². The molecule has 4 heteroatoms. The molecule has 0 heterocycles. The molecule has 0 amide bonds. The second-order valence-corrected chi connectivity index (χ2v) is 8.67. The predicted octanol–water partition coefficient (Wildman–Crippen LogP) is 4.68. The fourth-order valence-electron chi connectivity index (χ4n) is 3.21. The van der Waals surface area contributed by atoms with Crippen LogP contribution in [0.3, 0.4) is 0 Å². The van der Waals surface area contributed by atoms with Gasteiger partial charge in [0.15, 0.2) is 0 Å². The first kappa shape index (κ1) is 19.0. The zero-order chi connectivity index (χ0) is 17.1. The fourth-order valence-corrected chi connectivity index (χ4v) is 4.45.